The molecule has 4 fully saturated rings. The quantitative estimate of drug-likeness (QED) is 0.296. The minimum Gasteiger partial charge on any atom is -0.481 e. The number of carbonyl (C=O) groups excluding carboxylic acids is 1. The second-order valence-electron chi connectivity index (χ2n) is 16.1. The number of allylic oxidation sites excluding steroid dienone is 2. The van der Waals surface area contributed by atoms with Crippen LogP contribution in [0.25, 0.3) is 0 Å². The number of aliphatic carboxylic acids is 1. The second kappa shape index (κ2) is 9.41. The lowest BCUT2D eigenvalue weighted by atomic mass is 9.33. The van der Waals surface area contributed by atoms with E-state index in [1.54, 1.807) is 24.5 Å². The molecule has 0 aromatic carbocycles. The topological polar surface area (TPSA) is 76.5 Å². The third kappa shape index (κ3) is 3.81. The number of esters is 1. The van der Waals surface area contributed by atoms with E-state index in [2.05, 4.69) is 59.5 Å². The van der Waals surface area contributed by atoms with Gasteiger partial charge in [0, 0.05) is 17.8 Å². The number of aromatic nitrogens is 1. The molecule has 0 bridgehead atoms. The van der Waals surface area contributed by atoms with Gasteiger partial charge in [0.1, 0.15) is 6.10 Å². The zero-order valence-corrected chi connectivity index (χ0v) is 26.3. The molecule has 5 aliphatic rings. The number of nitrogens with zero attached hydrogens (tertiary/aromatic N) is 1. The van der Waals surface area contributed by atoms with Gasteiger partial charge < -0.3 is 9.84 Å². The number of hydrogen-bond donors (Lipinski definition) is 1. The van der Waals surface area contributed by atoms with Gasteiger partial charge in [0.05, 0.1) is 11.0 Å². The van der Waals surface area contributed by atoms with Gasteiger partial charge in [-0.3, -0.25) is 9.78 Å². The number of fused-ring (bicyclic) bond motifs is 7. The lowest BCUT2D eigenvalue weighted by molar-refractivity contribution is -0.206. The number of carboxylic acid groups (broad SMARTS) is 1. The Morgan fingerprint density at radius 3 is 2.39 bits per heavy atom. The molecule has 0 radical (unpaired) electrons. The molecule has 1 heterocycles. The van der Waals surface area contributed by atoms with Crippen LogP contribution < -0.4 is 0 Å². The van der Waals surface area contributed by atoms with Crippen LogP contribution in [0.5, 0.6) is 0 Å². The van der Waals surface area contributed by atoms with Crippen molar-refractivity contribution in [2.45, 2.75) is 112 Å². The van der Waals surface area contributed by atoms with Crippen LogP contribution in [-0.4, -0.2) is 28.1 Å². The first-order valence-electron chi connectivity index (χ1n) is 16.3. The fourth-order valence-corrected chi connectivity index (χ4v) is 11.7. The zero-order valence-electron chi connectivity index (χ0n) is 26.3. The van der Waals surface area contributed by atoms with Crippen LogP contribution in [0.4, 0.5) is 0 Å². The molecule has 1 aromatic heterocycles. The Labute approximate surface area is 246 Å². The predicted octanol–water partition coefficient (Wildman–Crippen LogP) is 8.35. The highest BCUT2D eigenvalue weighted by Crippen LogP contribution is 2.75. The maximum absolute atomic E-state index is 13.0. The minimum absolute atomic E-state index is 0.0204. The van der Waals surface area contributed by atoms with Crippen molar-refractivity contribution in [2.24, 2.45) is 56.7 Å². The van der Waals surface area contributed by atoms with Crippen LogP contribution in [0.15, 0.2) is 36.2 Å². The first-order valence-corrected chi connectivity index (χ1v) is 16.3. The number of pyridine rings is 1. The van der Waals surface area contributed by atoms with Gasteiger partial charge in [0.2, 0.25) is 0 Å². The van der Waals surface area contributed by atoms with Gasteiger partial charge in [0.15, 0.2) is 0 Å². The fraction of sp³-hybridized carbons (Fsp3) is 0.750. The zero-order chi connectivity index (χ0) is 29.6. The summed E-state index contributed by atoms with van der Waals surface area (Å²) in [7, 11) is 0. The monoisotopic (exact) mass is 561 g/mol. The molecule has 5 heteroatoms. The van der Waals surface area contributed by atoms with Crippen molar-refractivity contribution in [3.63, 3.8) is 0 Å². The van der Waals surface area contributed by atoms with E-state index in [0.29, 0.717) is 29.2 Å². The average molecular weight is 562 g/mol. The molecule has 5 nitrogen and oxygen atoms in total. The number of rotatable bonds is 3. The van der Waals surface area contributed by atoms with E-state index in [0.717, 1.165) is 57.8 Å². The van der Waals surface area contributed by atoms with Crippen LogP contribution in [0.1, 0.15) is 117 Å². The standard InChI is InChI=1S/C36H51NO4/c1-22-12-17-36(31(39)40)19-18-34(6)25(29(36)23(22)2)10-11-27-33(5)15-14-28(41-30(38)24-9-8-20-37-21-24)32(3,4)26(33)13-16-35(27,34)7/h8-10,20-23,26-29H,11-19H2,1-7H3,(H,39,40)/t22-,23+,26+,27-,28+,29+,33+,34-,35-,36+/m1/s1. The van der Waals surface area contributed by atoms with Crippen LogP contribution in [-0.2, 0) is 9.53 Å². The van der Waals surface area contributed by atoms with Crippen molar-refractivity contribution in [3.05, 3.63) is 41.7 Å². The van der Waals surface area contributed by atoms with Gasteiger partial charge in [-0.1, -0.05) is 60.1 Å². The summed E-state index contributed by atoms with van der Waals surface area (Å²) in [5.74, 6) is 1.26. The minimum atomic E-state index is -0.597. The normalized spacial score (nSPS) is 46.6. The van der Waals surface area contributed by atoms with E-state index in [9.17, 15) is 14.7 Å². The smallest absolute Gasteiger partial charge is 0.339 e. The molecule has 0 aliphatic heterocycles. The third-order valence-corrected chi connectivity index (χ3v) is 14.5. The van der Waals surface area contributed by atoms with Gasteiger partial charge in [0.25, 0.3) is 0 Å². The summed E-state index contributed by atoms with van der Waals surface area (Å²) >= 11 is 0. The van der Waals surface area contributed by atoms with Gasteiger partial charge >= 0.3 is 11.9 Å². The summed E-state index contributed by atoms with van der Waals surface area (Å²) in [5.41, 5.74) is 1.58. The van der Waals surface area contributed by atoms with E-state index in [4.69, 9.17) is 4.74 Å². The molecule has 41 heavy (non-hydrogen) atoms. The van der Waals surface area contributed by atoms with Crippen molar-refractivity contribution >= 4 is 11.9 Å². The first kappa shape index (κ1) is 28.9. The van der Waals surface area contributed by atoms with Crippen molar-refractivity contribution in [2.75, 3.05) is 0 Å². The van der Waals surface area contributed by atoms with E-state index < -0.39 is 11.4 Å². The molecule has 4 saturated carbocycles. The Bertz CT molecular complexity index is 1260. The summed E-state index contributed by atoms with van der Waals surface area (Å²) < 4.78 is 6.22. The number of ether oxygens (including phenoxy) is 1. The first-order chi connectivity index (χ1) is 19.2. The van der Waals surface area contributed by atoms with Crippen molar-refractivity contribution in [1.82, 2.24) is 4.98 Å². The highest BCUT2D eigenvalue weighted by atomic mass is 16.5. The van der Waals surface area contributed by atoms with Gasteiger partial charge in [-0.2, -0.15) is 0 Å². The fourth-order valence-electron chi connectivity index (χ4n) is 11.7. The Morgan fingerprint density at radius 2 is 1.71 bits per heavy atom. The number of hydrogen-bond acceptors (Lipinski definition) is 4. The summed E-state index contributed by atoms with van der Waals surface area (Å²) in [6, 6.07) is 3.57. The van der Waals surface area contributed by atoms with E-state index in [-0.39, 0.29) is 39.7 Å². The Balaban J connectivity index is 1.33. The molecular formula is C36H51NO4. The Kier molecular flexibility index (Phi) is 6.64. The van der Waals surface area contributed by atoms with Crippen molar-refractivity contribution < 1.29 is 19.4 Å². The molecule has 6 rings (SSSR count). The van der Waals surface area contributed by atoms with Crippen molar-refractivity contribution in [3.8, 4) is 0 Å². The molecule has 0 amide bonds. The molecule has 1 N–H and O–H groups in total. The molecule has 1 aromatic rings. The summed E-state index contributed by atoms with van der Waals surface area (Å²) in [5, 5.41) is 10.6. The highest BCUT2D eigenvalue weighted by Gasteiger charge is 2.69. The third-order valence-electron chi connectivity index (χ3n) is 14.5. The lowest BCUT2D eigenvalue weighted by Crippen LogP contribution is -2.65. The van der Waals surface area contributed by atoms with Gasteiger partial charge in [-0.15, -0.1) is 0 Å². The maximum Gasteiger partial charge on any atom is 0.339 e. The van der Waals surface area contributed by atoms with Crippen LogP contribution in [0.3, 0.4) is 0 Å². The summed E-state index contributed by atoms with van der Waals surface area (Å²) in [6.45, 7) is 17.0. The molecule has 0 spiro atoms. The van der Waals surface area contributed by atoms with Crippen molar-refractivity contribution in [1.29, 1.82) is 0 Å². The van der Waals surface area contributed by atoms with Crippen LogP contribution >= 0.6 is 0 Å². The molecular weight excluding hydrogens is 510 g/mol. The molecule has 0 unspecified atom stereocenters. The van der Waals surface area contributed by atoms with Crippen LogP contribution in [0.2, 0.25) is 0 Å². The number of carbonyl (C=O) groups is 2. The van der Waals surface area contributed by atoms with Gasteiger partial charge in [-0.05, 0) is 116 Å². The molecule has 0 saturated heterocycles. The molecule has 224 valence electrons. The predicted molar refractivity (Wildman–Crippen MR) is 160 cm³/mol. The summed E-state index contributed by atoms with van der Waals surface area (Å²) in [6.07, 6.45) is 14.6. The Hall–Kier alpha value is -2.17. The molecule has 10 atom stereocenters. The maximum atomic E-state index is 13.0. The lowest BCUT2D eigenvalue weighted by Gasteiger charge is -2.71. The van der Waals surface area contributed by atoms with Gasteiger partial charge in [-0.25, -0.2) is 4.79 Å². The van der Waals surface area contributed by atoms with E-state index in [1.807, 2.05) is 0 Å². The van der Waals surface area contributed by atoms with Crippen LogP contribution in [0, 0.1) is 56.7 Å². The Morgan fingerprint density at radius 1 is 0.951 bits per heavy atom. The average Bonchev–Trinajstić information content (AvgIpc) is 2.93. The molecule has 5 aliphatic carbocycles. The second-order valence-corrected chi connectivity index (χ2v) is 16.1. The SMILES string of the molecule is C[C@H]1[C@H](C)CC[C@]2(C(=O)O)CC[C@]3(C)C(=CC[C@@H]4[C@@]5(C)CC[C@H](OC(=O)c6cccnc6)C(C)(C)[C@@H]5CC[C@]43C)[C@H]12. The van der Waals surface area contributed by atoms with E-state index in [1.165, 1.54) is 5.57 Å². The summed E-state index contributed by atoms with van der Waals surface area (Å²) in [4.78, 5) is 30.1. The number of carboxylic acids is 1. The highest BCUT2D eigenvalue weighted by molar-refractivity contribution is 5.89. The van der Waals surface area contributed by atoms with E-state index >= 15 is 0 Å². The largest absolute Gasteiger partial charge is 0.481 e.